The minimum absolute atomic E-state index is 0. The summed E-state index contributed by atoms with van der Waals surface area (Å²) in [6, 6.07) is 0. The number of carbonyl (C=O) groups is 2. The summed E-state index contributed by atoms with van der Waals surface area (Å²) in [6.45, 7) is 7.41. The molecule has 2 atom stereocenters. The molecule has 8 nitrogen and oxygen atoms in total. The second-order valence-corrected chi connectivity index (χ2v) is 7.49. The average Bonchev–Trinajstić information content (AvgIpc) is 2.99. The predicted octanol–water partition coefficient (Wildman–Crippen LogP) is 0.550. The first-order valence-electron chi connectivity index (χ1n) is 8.69. The van der Waals surface area contributed by atoms with Crippen molar-refractivity contribution in [2.75, 3.05) is 31.1 Å². The van der Waals surface area contributed by atoms with Gasteiger partial charge in [-0.3, -0.25) is 14.3 Å². The van der Waals surface area contributed by atoms with Gasteiger partial charge in [0, 0.05) is 44.8 Å². The average molecular weight is 386 g/mol. The van der Waals surface area contributed by atoms with Crippen LogP contribution in [0.4, 0.5) is 5.69 Å². The van der Waals surface area contributed by atoms with Gasteiger partial charge in [0.15, 0.2) is 0 Å². The van der Waals surface area contributed by atoms with Crippen LogP contribution in [0.2, 0.25) is 0 Å². The molecule has 1 aliphatic carbocycles. The van der Waals surface area contributed by atoms with Gasteiger partial charge in [-0.1, -0.05) is 13.8 Å². The molecular weight excluding hydrogens is 358 g/mol. The molecule has 2 fully saturated rings. The number of rotatable bonds is 4. The van der Waals surface area contributed by atoms with E-state index in [4.69, 9.17) is 10.5 Å². The Morgan fingerprint density at radius 3 is 2.62 bits per heavy atom. The van der Waals surface area contributed by atoms with Crippen molar-refractivity contribution in [3.8, 4) is 0 Å². The minimum atomic E-state index is -0.983. The monoisotopic (exact) mass is 385 g/mol. The third kappa shape index (κ3) is 3.10. The summed E-state index contributed by atoms with van der Waals surface area (Å²) in [5.74, 6) is -0.276. The van der Waals surface area contributed by atoms with Crippen LogP contribution in [-0.4, -0.2) is 64.4 Å². The lowest BCUT2D eigenvalue weighted by atomic mass is 9.54. The number of nitrogens with zero attached hydrogens (tertiary/aromatic N) is 4. The number of amides is 2. The summed E-state index contributed by atoms with van der Waals surface area (Å²) in [7, 11) is 1.80. The third-order valence-corrected chi connectivity index (χ3v) is 5.72. The van der Waals surface area contributed by atoms with Crippen LogP contribution in [0.15, 0.2) is 12.4 Å². The van der Waals surface area contributed by atoms with Crippen molar-refractivity contribution in [3.63, 3.8) is 0 Å². The van der Waals surface area contributed by atoms with Crippen molar-refractivity contribution in [2.24, 2.45) is 18.2 Å². The lowest BCUT2D eigenvalue weighted by Crippen LogP contribution is -2.77. The van der Waals surface area contributed by atoms with Gasteiger partial charge in [-0.25, -0.2) is 0 Å². The van der Waals surface area contributed by atoms with E-state index in [0.29, 0.717) is 26.1 Å². The Labute approximate surface area is 160 Å². The maximum absolute atomic E-state index is 13.0. The zero-order valence-corrected chi connectivity index (χ0v) is 16.6. The largest absolute Gasteiger partial charge is 0.378 e. The maximum atomic E-state index is 13.0. The number of hydrogen-bond acceptors (Lipinski definition) is 5. The van der Waals surface area contributed by atoms with Gasteiger partial charge in [0.25, 0.3) is 0 Å². The van der Waals surface area contributed by atoms with E-state index in [1.54, 1.807) is 33.9 Å². The highest BCUT2D eigenvalue weighted by Crippen LogP contribution is 2.50. The molecule has 146 valence electrons. The molecule has 0 radical (unpaired) electrons. The summed E-state index contributed by atoms with van der Waals surface area (Å²) in [5.41, 5.74) is 5.78. The lowest BCUT2D eigenvalue weighted by Gasteiger charge is -2.59. The van der Waals surface area contributed by atoms with E-state index in [0.717, 1.165) is 5.69 Å². The summed E-state index contributed by atoms with van der Waals surface area (Å²) in [5, 5.41) is 4.10. The number of nitrogens with two attached hydrogens (primary N) is 1. The summed E-state index contributed by atoms with van der Waals surface area (Å²) in [4.78, 5) is 28.8. The zero-order chi connectivity index (χ0) is 18.4. The van der Waals surface area contributed by atoms with Crippen LogP contribution in [0, 0.1) is 5.41 Å². The molecule has 0 bridgehead atoms. The van der Waals surface area contributed by atoms with Crippen molar-refractivity contribution in [2.45, 2.75) is 38.8 Å². The molecule has 0 aromatic carbocycles. The van der Waals surface area contributed by atoms with E-state index in [2.05, 4.69) is 5.10 Å². The number of anilines is 1. The normalized spacial score (nSPS) is 27.7. The van der Waals surface area contributed by atoms with Crippen LogP contribution in [0.25, 0.3) is 0 Å². The SMILES string of the molecule is CCOC1CC(N)(C(=O)N2CCN(c3cnn(C)c3)C(=O)C2)C1(C)C.Cl. The molecule has 9 heteroatoms. The predicted molar refractivity (Wildman–Crippen MR) is 100 cm³/mol. The van der Waals surface area contributed by atoms with Gasteiger partial charge in [0.1, 0.15) is 12.1 Å². The fraction of sp³-hybridized carbons (Fsp3) is 0.706. The van der Waals surface area contributed by atoms with E-state index in [1.165, 1.54) is 0 Å². The molecule has 2 amide bonds. The Hall–Kier alpha value is -1.64. The third-order valence-electron chi connectivity index (χ3n) is 5.72. The Morgan fingerprint density at radius 1 is 1.42 bits per heavy atom. The van der Waals surface area contributed by atoms with Crippen LogP contribution in [-0.2, 0) is 21.4 Å². The first-order chi connectivity index (χ1) is 11.7. The Balaban J connectivity index is 0.00000243. The molecule has 1 aromatic heterocycles. The maximum Gasteiger partial charge on any atom is 0.246 e. The highest BCUT2D eigenvalue weighted by molar-refractivity contribution is 5.99. The molecule has 2 N–H and O–H groups in total. The van der Waals surface area contributed by atoms with Crippen LogP contribution in [0.1, 0.15) is 27.2 Å². The Morgan fingerprint density at radius 2 is 2.12 bits per heavy atom. The minimum Gasteiger partial charge on any atom is -0.378 e. The van der Waals surface area contributed by atoms with Crippen LogP contribution in [0.3, 0.4) is 0 Å². The summed E-state index contributed by atoms with van der Waals surface area (Å²) in [6.07, 6.45) is 3.91. The molecule has 1 saturated heterocycles. The Bertz CT molecular complexity index is 692. The van der Waals surface area contributed by atoms with Gasteiger partial charge in [0.2, 0.25) is 11.8 Å². The van der Waals surface area contributed by atoms with E-state index < -0.39 is 11.0 Å². The topological polar surface area (TPSA) is 93.7 Å². The number of aromatic nitrogens is 2. The quantitative estimate of drug-likeness (QED) is 0.816. The lowest BCUT2D eigenvalue weighted by molar-refractivity contribution is -0.180. The number of halogens is 1. The van der Waals surface area contributed by atoms with Crippen molar-refractivity contribution in [1.82, 2.24) is 14.7 Å². The second kappa shape index (κ2) is 7.17. The highest BCUT2D eigenvalue weighted by atomic mass is 35.5. The molecule has 0 spiro atoms. The van der Waals surface area contributed by atoms with E-state index in [9.17, 15) is 9.59 Å². The first-order valence-corrected chi connectivity index (χ1v) is 8.69. The molecule has 1 aliphatic heterocycles. The number of carbonyl (C=O) groups excluding carboxylic acids is 2. The van der Waals surface area contributed by atoms with E-state index in [1.807, 2.05) is 20.8 Å². The smallest absolute Gasteiger partial charge is 0.246 e. The summed E-state index contributed by atoms with van der Waals surface area (Å²) >= 11 is 0. The molecule has 3 rings (SSSR count). The van der Waals surface area contributed by atoms with Gasteiger partial charge < -0.3 is 20.3 Å². The number of ether oxygens (including phenoxy) is 1. The standard InChI is InChI=1S/C17H27N5O3.ClH/c1-5-25-13-8-17(18,16(13,2)3)15(24)21-6-7-22(14(23)11-21)12-9-19-20(4)10-12;/h9-10,13H,5-8,11,18H2,1-4H3;1H. The number of piperazine rings is 1. The highest BCUT2D eigenvalue weighted by Gasteiger charge is 2.64. The zero-order valence-electron chi connectivity index (χ0n) is 15.8. The van der Waals surface area contributed by atoms with Gasteiger partial charge in [-0.2, -0.15) is 5.10 Å². The molecule has 26 heavy (non-hydrogen) atoms. The van der Waals surface area contributed by atoms with Crippen LogP contribution < -0.4 is 10.6 Å². The van der Waals surface area contributed by atoms with Crippen molar-refractivity contribution in [1.29, 1.82) is 0 Å². The Kier molecular flexibility index (Phi) is 5.70. The van der Waals surface area contributed by atoms with Crippen molar-refractivity contribution < 1.29 is 14.3 Å². The fourth-order valence-electron chi connectivity index (χ4n) is 3.75. The molecule has 2 aliphatic rings. The molecule has 2 heterocycles. The molecular formula is C17H28ClN5O3. The van der Waals surface area contributed by atoms with Crippen LogP contribution in [0.5, 0.6) is 0 Å². The fourth-order valence-corrected chi connectivity index (χ4v) is 3.75. The van der Waals surface area contributed by atoms with Gasteiger partial charge in [0.05, 0.1) is 18.0 Å². The second-order valence-electron chi connectivity index (χ2n) is 7.49. The first kappa shape index (κ1) is 20.7. The summed E-state index contributed by atoms with van der Waals surface area (Å²) < 4.78 is 7.34. The molecule has 2 unspecified atom stereocenters. The van der Waals surface area contributed by atoms with Gasteiger partial charge in [-0.15, -0.1) is 12.4 Å². The van der Waals surface area contributed by atoms with Crippen LogP contribution >= 0.6 is 12.4 Å². The number of aryl methyl sites for hydroxylation is 1. The van der Waals surface area contributed by atoms with Gasteiger partial charge >= 0.3 is 0 Å². The molecule has 1 aromatic rings. The van der Waals surface area contributed by atoms with E-state index in [-0.39, 0.29) is 36.9 Å². The molecule has 1 saturated carbocycles. The van der Waals surface area contributed by atoms with Crippen molar-refractivity contribution in [3.05, 3.63) is 12.4 Å². The van der Waals surface area contributed by atoms with E-state index >= 15 is 0 Å². The van der Waals surface area contributed by atoms with Gasteiger partial charge in [-0.05, 0) is 6.92 Å². The van der Waals surface area contributed by atoms with Crippen molar-refractivity contribution >= 4 is 29.9 Å². The number of hydrogen-bond donors (Lipinski definition) is 1.